The molecular weight excluding hydrogens is 765 g/mol. The van der Waals surface area contributed by atoms with Crippen LogP contribution < -0.4 is 0 Å². The molecule has 0 saturated heterocycles. The third-order valence-corrected chi connectivity index (χ3v) is 13.1. The summed E-state index contributed by atoms with van der Waals surface area (Å²) in [6.45, 7) is 7.92. The quantitative estimate of drug-likeness (QED) is 0.0450. The largest absolute Gasteiger partial charge is 0.462 e. The lowest BCUT2D eigenvalue weighted by Crippen LogP contribution is -2.30. The van der Waals surface area contributed by atoms with Crippen molar-refractivity contribution in [3.05, 3.63) is 0 Å². The molecular formula is C57H112O5. The minimum Gasteiger partial charge on any atom is -0.462 e. The molecule has 0 saturated carbocycles. The van der Waals surface area contributed by atoms with Gasteiger partial charge in [0.25, 0.3) is 0 Å². The van der Waals surface area contributed by atoms with Crippen molar-refractivity contribution in [2.24, 2.45) is 0 Å². The zero-order valence-corrected chi connectivity index (χ0v) is 42.7. The van der Waals surface area contributed by atoms with Gasteiger partial charge < -0.3 is 14.2 Å². The number of carbonyl (C=O) groups excluding carboxylic acids is 2. The second kappa shape index (κ2) is 54.2. The van der Waals surface area contributed by atoms with E-state index in [1.165, 1.54) is 263 Å². The van der Waals surface area contributed by atoms with Crippen LogP contribution in [0.1, 0.15) is 329 Å². The Morgan fingerprint density at radius 3 is 0.823 bits per heavy atom. The maximum absolute atomic E-state index is 12.8. The summed E-state index contributed by atoms with van der Waals surface area (Å²) in [5.41, 5.74) is 0. The number of esters is 2. The zero-order chi connectivity index (χ0) is 44.9. The molecule has 0 amide bonds. The first-order chi connectivity index (χ1) is 30.6. The van der Waals surface area contributed by atoms with Crippen molar-refractivity contribution in [1.82, 2.24) is 0 Å². The van der Waals surface area contributed by atoms with Crippen molar-refractivity contribution >= 4 is 11.9 Å². The highest BCUT2D eigenvalue weighted by Gasteiger charge is 2.17. The Morgan fingerprint density at radius 2 is 0.532 bits per heavy atom. The number of rotatable bonds is 54. The van der Waals surface area contributed by atoms with E-state index >= 15 is 0 Å². The van der Waals surface area contributed by atoms with E-state index in [1.54, 1.807) is 0 Å². The van der Waals surface area contributed by atoms with Crippen LogP contribution in [0.3, 0.4) is 0 Å². The third kappa shape index (κ3) is 51.5. The lowest BCUT2D eigenvalue weighted by atomic mass is 10.0. The minimum atomic E-state index is -0.523. The summed E-state index contributed by atoms with van der Waals surface area (Å²) in [4.78, 5) is 25.4. The Kier molecular flexibility index (Phi) is 53.3. The first-order valence-electron chi connectivity index (χ1n) is 28.6. The highest BCUT2D eigenvalue weighted by Crippen LogP contribution is 2.17. The summed E-state index contributed by atoms with van der Waals surface area (Å²) in [7, 11) is 0. The van der Waals surface area contributed by atoms with E-state index in [0.717, 1.165) is 32.1 Å². The molecule has 0 heterocycles. The second-order valence-electron chi connectivity index (χ2n) is 19.6. The molecule has 0 spiro atoms. The van der Waals surface area contributed by atoms with Crippen LogP contribution >= 0.6 is 0 Å². The normalized spacial score (nSPS) is 12.0. The van der Waals surface area contributed by atoms with Gasteiger partial charge in [0.2, 0.25) is 0 Å². The van der Waals surface area contributed by atoms with Gasteiger partial charge in [-0.25, -0.2) is 0 Å². The van der Waals surface area contributed by atoms with Gasteiger partial charge in [0.1, 0.15) is 6.61 Å². The molecule has 0 radical (unpaired) electrons. The number of carbonyl (C=O) groups is 2. The molecule has 5 heteroatoms. The fourth-order valence-corrected chi connectivity index (χ4v) is 8.87. The van der Waals surface area contributed by atoms with Crippen LogP contribution in [-0.2, 0) is 23.8 Å². The van der Waals surface area contributed by atoms with Crippen molar-refractivity contribution in [2.75, 3.05) is 19.8 Å². The summed E-state index contributed by atoms with van der Waals surface area (Å²) in [5.74, 6) is -0.368. The molecule has 0 aliphatic heterocycles. The summed E-state index contributed by atoms with van der Waals surface area (Å²) >= 11 is 0. The number of hydrogen-bond donors (Lipinski definition) is 0. The topological polar surface area (TPSA) is 61.8 Å². The predicted octanol–water partition coefficient (Wildman–Crippen LogP) is 19.2. The van der Waals surface area contributed by atoms with E-state index in [4.69, 9.17) is 14.2 Å². The Hall–Kier alpha value is -1.10. The smallest absolute Gasteiger partial charge is 0.306 e. The fourth-order valence-electron chi connectivity index (χ4n) is 8.87. The molecule has 370 valence electrons. The Balaban J connectivity index is 4.12. The van der Waals surface area contributed by atoms with Gasteiger partial charge in [0.05, 0.1) is 6.61 Å². The molecule has 62 heavy (non-hydrogen) atoms. The first-order valence-corrected chi connectivity index (χ1v) is 28.6. The predicted molar refractivity (Wildman–Crippen MR) is 270 cm³/mol. The van der Waals surface area contributed by atoms with Crippen molar-refractivity contribution < 1.29 is 23.8 Å². The number of unbranched alkanes of at least 4 members (excludes halogenated alkanes) is 43. The molecule has 0 bridgehead atoms. The maximum atomic E-state index is 12.8. The van der Waals surface area contributed by atoms with Crippen LogP contribution in [0.2, 0.25) is 0 Å². The van der Waals surface area contributed by atoms with E-state index < -0.39 is 6.10 Å². The monoisotopic (exact) mass is 877 g/mol. The van der Waals surface area contributed by atoms with Crippen molar-refractivity contribution in [3.8, 4) is 0 Å². The molecule has 0 aromatic rings. The highest BCUT2D eigenvalue weighted by atomic mass is 16.6. The van der Waals surface area contributed by atoms with Crippen LogP contribution in [-0.4, -0.2) is 37.9 Å². The molecule has 0 N–H and O–H groups in total. The molecule has 1 atom stereocenters. The lowest BCUT2D eigenvalue weighted by molar-refractivity contribution is -0.163. The van der Waals surface area contributed by atoms with Crippen LogP contribution in [0.25, 0.3) is 0 Å². The summed E-state index contributed by atoms with van der Waals surface area (Å²) in [6.07, 6.45) is 61.2. The molecule has 0 aromatic carbocycles. The molecule has 0 fully saturated rings. The second-order valence-corrected chi connectivity index (χ2v) is 19.6. The average molecular weight is 878 g/mol. The van der Waals surface area contributed by atoms with Crippen LogP contribution in [0, 0.1) is 0 Å². The van der Waals surface area contributed by atoms with E-state index in [-0.39, 0.29) is 18.5 Å². The van der Waals surface area contributed by atoms with Crippen molar-refractivity contribution in [3.63, 3.8) is 0 Å². The van der Waals surface area contributed by atoms with E-state index in [2.05, 4.69) is 20.8 Å². The third-order valence-electron chi connectivity index (χ3n) is 13.1. The van der Waals surface area contributed by atoms with Gasteiger partial charge in [-0.05, 0) is 19.3 Å². The first kappa shape index (κ1) is 60.9. The van der Waals surface area contributed by atoms with Gasteiger partial charge in [-0.2, -0.15) is 0 Å². The Bertz CT molecular complexity index is 860. The van der Waals surface area contributed by atoms with Gasteiger partial charge in [-0.3, -0.25) is 9.59 Å². The highest BCUT2D eigenvalue weighted by molar-refractivity contribution is 5.70. The summed E-state index contributed by atoms with van der Waals surface area (Å²) in [5, 5.41) is 0. The minimum absolute atomic E-state index is 0.0981. The number of hydrogen-bond acceptors (Lipinski definition) is 5. The molecule has 0 aliphatic rings. The standard InChI is InChI=1S/C57H112O5/c1-4-7-10-13-16-19-22-24-26-28-29-30-31-33-36-38-41-44-47-50-56(58)61-54-55(62-57(59)51-48-45-42-39-35-21-18-15-12-9-6-3)53-60-52-49-46-43-40-37-34-32-27-25-23-20-17-14-11-8-5-2/h55H,4-54H2,1-3H3. The molecule has 5 nitrogen and oxygen atoms in total. The van der Waals surface area contributed by atoms with Gasteiger partial charge in [0.15, 0.2) is 6.10 Å². The fraction of sp³-hybridized carbons (Fsp3) is 0.965. The van der Waals surface area contributed by atoms with Gasteiger partial charge in [-0.15, -0.1) is 0 Å². The van der Waals surface area contributed by atoms with Gasteiger partial charge >= 0.3 is 11.9 Å². The van der Waals surface area contributed by atoms with E-state index in [1.807, 2.05) is 0 Å². The van der Waals surface area contributed by atoms with Crippen LogP contribution in [0.4, 0.5) is 0 Å². The lowest BCUT2D eigenvalue weighted by Gasteiger charge is -2.18. The zero-order valence-electron chi connectivity index (χ0n) is 42.7. The van der Waals surface area contributed by atoms with E-state index in [9.17, 15) is 9.59 Å². The van der Waals surface area contributed by atoms with E-state index in [0.29, 0.717) is 26.1 Å². The Morgan fingerprint density at radius 1 is 0.290 bits per heavy atom. The SMILES string of the molecule is CCCCCCCCCCCCCCCCCCCCCC(=O)OCC(COCCCCCCCCCCCCCCCCCC)OC(=O)CCCCCCCCCCCCC. The van der Waals surface area contributed by atoms with Crippen LogP contribution in [0.15, 0.2) is 0 Å². The maximum Gasteiger partial charge on any atom is 0.306 e. The van der Waals surface area contributed by atoms with Crippen molar-refractivity contribution in [1.29, 1.82) is 0 Å². The molecule has 1 unspecified atom stereocenters. The van der Waals surface area contributed by atoms with Crippen molar-refractivity contribution in [2.45, 2.75) is 335 Å². The Labute approximate surface area is 389 Å². The molecule has 0 aromatic heterocycles. The molecule has 0 rings (SSSR count). The number of ether oxygens (including phenoxy) is 3. The summed E-state index contributed by atoms with van der Waals surface area (Å²) in [6, 6.07) is 0. The average Bonchev–Trinajstić information content (AvgIpc) is 3.27. The van der Waals surface area contributed by atoms with Gasteiger partial charge in [0, 0.05) is 19.4 Å². The molecule has 0 aliphatic carbocycles. The van der Waals surface area contributed by atoms with Crippen LogP contribution in [0.5, 0.6) is 0 Å². The van der Waals surface area contributed by atoms with Gasteiger partial charge in [-0.1, -0.05) is 297 Å². The summed E-state index contributed by atoms with van der Waals surface area (Å²) < 4.78 is 17.5.